The van der Waals surface area contributed by atoms with Crippen LogP contribution in [0.25, 0.3) is 21.9 Å². The number of aliphatic hydroxyl groups excluding tert-OH is 1. The number of carbonyl (C=O) groups is 1. The average molecular weight is 680 g/mol. The summed E-state index contributed by atoms with van der Waals surface area (Å²) >= 11 is 5.76. The first-order valence-electron chi connectivity index (χ1n) is 14.4. The Kier molecular flexibility index (Phi) is 9.25. The Morgan fingerprint density at radius 2 is 1.91 bits per heavy atom. The van der Waals surface area contributed by atoms with Gasteiger partial charge in [-0.2, -0.15) is 9.97 Å². The fourth-order valence-electron chi connectivity index (χ4n) is 5.06. The van der Waals surface area contributed by atoms with Crippen molar-refractivity contribution in [2.75, 3.05) is 31.3 Å². The maximum absolute atomic E-state index is 16.6. The zero-order valence-electron chi connectivity index (χ0n) is 26.0. The lowest BCUT2D eigenvalue weighted by molar-refractivity contribution is -0.202. The van der Waals surface area contributed by atoms with E-state index in [1.807, 2.05) is 18.2 Å². The fourth-order valence-corrected chi connectivity index (χ4v) is 7.45. The predicted molar refractivity (Wildman–Crippen MR) is 172 cm³/mol. The van der Waals surface area contributed by atoms with Crippen LogP contribution >= 0.6 is 6.64 Å². The molecule has 0 aliphatic carbocycles. The van der Waals surface area contributed by atoms with E-state index in [2.05, 4.69) is 20.0 Å². The fraction of sp³-hybridized carbons (Fsp3) is 0.448. The van der Waals surface area contributed by atoms with Crippen LogP contribution < -0.4 is 20.2 Å². The standard InChI is InChI=1S/C29H36F2N7O6PS/c1-16(2)42-24(39)17(3)36-45(46,44-20-13-9-11-18-10-7-8-12-19(18)20)41-14-29(31)25(40)28(4,30)26(43-29)38-15-33-21-22(37(5)6)34-27(32)35-23(21)38/h7-13,15-17,25-26,40H,14H2,1-6H3,(H,36,46)(H2,32,34,35)/t17-,25-,26+,28+,29+,45-/m0/s1. The molecule has 5 rings (SSSR count). The molecule has 0 saturated carbocycles. The van der Waals surface area contributed by atoms with Gasteiger partial charge < -0.3 is 34.3 Å². The number of nitrogens with two attached hydrogens (primary N) is 1. The molecule has 0 amide bonds. The van der Waals surface area contributed by atoms with Gasteiger partial charge in [0, 0.05) is 19.5 Å². The van der Waals surface area contributed by atoms with Gasteiger partial charge >= 0.3 is 12.6 Å². The summed E-state index contributed by atoms with van der Waals surface area (Å²) in [5.41, 5.74) is 3.49. The highest BCUT2D eigenvalue weighted by Gasteiger charge is 2.65. The maximum atomic E-state index is 16.6. The zero-order valence-corrected chi connectivity index (χ0v) is 27.8. The molecular formula is C29H36F2N7O6PS. The number of rotatable bonds is 11. The van der Waals surface area contributed by atoms with Gasteiger partial charge in [-0.25, -0.2) is 18.9 Å². The zero-order chi connectivity index (χ0) is 33.6. The Bertz CT molecular complexity index is 1810. The molecule has 1 aliphatic rings. The van der Waals surface area contributed by atoms with Gasteiger partial charge in [-0.05, 0) is 51.0 Å². The summed E-state index contributed by atoms with van der Waals surface area (Å²) in [4.78, 5) is 26.9. The topological polar surface area (TPSA) is 159 Å². The van der Waals surface area contributed by atoms with Crippen molar-refractivity contribution < 1.29 is 37.2 Å². The molecule has 1 saturated heterocycles. The van der Waals surface area contributed by atoms with Gasteiger partial charge in [0.05, 0.1) is 12.4 Å². The van der Waals surface area contributed by atoms with Gasteiger partial charge in [0.15, 0.2) is 35.0 Å². The Morgan fingerprint density at radius 1 is 1.22 bits per heavy atom. The van der Waals surface area contributed by atoms with Gasteiger partial charge in [-0.3, -0.25) is 9.36 Å². The van der Waals surface area contributed by atoms with Gasteiger partial charge in [0.25, 0.3) is 5.85 Å². The van der Waals surface area contributed by atoms with Crippen LogP contribution in [0.2, 0.25) is 0 Å². The Morgan fingerprint density at radius 3 is 2.61 bits per heavy atom. The van der Waals surface area contributed by atoms with Crippen LogP contribution in [0, 0.1) is 0 Å². The number of nitrogens with one attached hydrogen (secondary N) is 1. The molecule has 2 aromatic carbocycles. The monoisotopic (exact) mass is 679 g/mol. The normalized spacial score (nSPS) is 25.1. The minimum absolute atomic E-state index is 0.0611. The van der Waals surface area contributed by atoms with Crippen molar-refractivity contribution >= 4 is 58.1 Å². The molecule has 0 spiro atoms. The third kappa shape index (κ3) is 6.50. The first-order valence-corrected chi connectivity index (χ1v) is 17.0. The van der Waals surface area contributed by atoms with E-state index in [-0.39, 0.29) is 17.1 Å². The van der Waals surface area contributed by atoms with Gasteiger partial charge in [0.1, 0.15) is 18.4 Å². The number of hydrogen-bond acceptors (Lipinski definition) is 12. The first kappa shape index (κ1) is 33.8. The second-order valence-corrected chi connectivity index (χ2v) is 14.7. The number of esters is 1. The van der Waals surface area contributed by atoms with E-state index in [1.54, 1.807) is 57.1 Å². The lowest BCUT2D eigenvalue weighted by Gasteiger charge is -2.30. The highest BCUT2D eigenvalue weighted by molar-refractivity contribution is 8.09. The second kappa shape index (κ2) is 12.6. The molecule has 4 N–H and O–H groups in total. The quantitative estimate of drug-likeness (QED) is 0.153. The molecular weight excluding hydrogens is 643 g/mol. The largest absolute Gasteiger partial charge is 0.462 e. The molecule has 13 nitrogen and oxygen atoms in total. The lowest BCUT2D eigenvalue weighted by atomic mass is 9.97. The molecule has 3 heterocycles. The number of aromatic nitrogens is 4. The van der Waals surface area contributed by atoms with Gasteiger partial charge in [0.2, 0.25) is 5.95 Å². The molecule has 1 fully saturated rings. The van der Waals surface area contributed by atoms with Crippen molar-refractivity contribution in [3.05, 3.63) is 48.8 Å². The number of carbonyl (C=O) groups excluding carboxylic acids is 1. The van der Waals surface area contributed by atoms with Crippen molar-refractivity contribution in [1.29, 1.82) is 0 Å². The van der Waals surface area contributed by atoms with E-state index in [9.17, 15) is 9.90 Å². The van der Waals surface area contributed by atoms with Crippen molar-refractivity contribution in [3.8, 4) is 5.75 Å². The van der Waals surface area contributed by atoms with E-state index in [4.69, 9.17) is 36.1 Å². The summed E-state index contributed by atoms with van der Waals surface area (Å²) in [6.45, 7) is 0.933. The number of hydrogen-bond donors (Lipinski definition) is 3. The van der Waals surface area contributed by atoms with Gasteiger partial charge in [-0.15, -0.1) is 0 Å². The molecule has 6 atom stereocenters. The molecule has 0 radical (unpaired) electrons. The minimum atomic E-state index is -3.84. The number of fused-ring (bicyclic) bond motifs is 2. The molecule has 0 unspecified atom stereocenters. The summed E-state index contributed by atoms with van der Waals surface area (Å²) in [5.74, 6) is -3.27. The molecule has 0 bridgehead atoms. The van der Waals surface area contributed by atoms with Crippen molar-refractivity contribution in [2.45, 2.75) is 63.7 Å². The summed E-state index contributed by atoms with van der Waals surface area (Å²) in [6, 6.07) is 11.5. The molecule has 17 heteroatoms. The van der Waals surface area contributed by atoms with Crippen LogP contribution in [0.5, 0.6) is 5.75 Å². The van der Waals surface area contributed by atoms with Crippen LogP contribution in [0.3, 0.4) is 0 Å². The average Bonchev–Trinajstić information content (AvgIpc) is 3.47. The van der Waals surface area contributed by atoms with Gasteiger partial charge in [-0.1, -0.05) is 36.4 Å². The highest BCUT2D eigenvalue weighted by Crippen LogP contribution is 2.53. The number of alkyl halides is 2. The number of nitrogen functional groups attached to an aromatic ring is 1. The number of nitrogens with zero attached hydrogens (tertiary/aromatic N) is 5. The SMILES string of the molecule is CC(C)OC(=O)[C@H](C)N[P@](=S)(OC[C@@]1(F)O[C@@H](n2cnc3c(N(C)C)nc(N)nc32)[C@](C)(F)[C@@H]1O)Oc1cccc2ccccc12. The van der Waals surface area contributed by atoms with E-state index in [0.717, 1.165) is 16.9 Å². The van der Waals surface area contributed by atoms with E-state index in [1.165, 1.54) is 13.3 Å². The third-order valence-electron chi connectivity index (χ3n) is 7.29. The molecule has 1 aliphatic heterocycles. The van der Waals surface area contributed by atoms with Crippen LogP contribution in [-0.4, -0.2) is 81.1 Å². The van der Waals surface area contributed by atoms with Crippen LogP contribution in [-0.2, 0) is 30.6 Å². The van der Waals surface area contributed by atoms with Crippen LogP contribution in [0.4, 0.5) is 20.5 Å². The number of benzene rings is 2. The van der Waals surface area contributed by atoms with Crippen LogP contribution in [0.1, 0.15) is 33.9 Å². The molecule has 248 valence electrons. The Balaban J connectivity index is 1.46. The van der Waals surface area contributed by atoms with Crippen molar-refractivity contribution in [1.82, 2.24) is 24.6 Å². The van der Waals surface area contributed by atoms with E-state index in [0.29, 0.717) is 17.0 Å². The summed E-state index contributed by atoms with van der Waals surface area (Å²) in [7, 11) is 3.42. The number of halogens is 2. The summed E-state index contributed by atoms with van der Waals surface area (Å²) in [6.07, 6.45) is -3.33. The first-order chi connectivity index (χ1) is 21.5. The van der Waals surface area contributed by atoms with E-state index < -0.39 is 55.2 Å². The molecule has 4 aromatic rings. The number of ether oxygens (including phenoxy) is 2. The second-order valence-electron chi connectivity index (χ2n) is 11.6. The number of anilines is 2. The number of aliphatic hydroxyl groups is 1. The summed E-state index contributed by atoms with van der Waals surface area (Å²) < 4.78 is 56.9. The van der Waals surface area contributed by atoms with Crippen molar-refractivity contribution in [2.24, 2.45) is 0 Å². The van der Waals surface area contributed by atoms with Crippen LogP contribution in [0.15, 0.2) is 48.8 Å². The number of imidazole rings is 1. The summed E-state index contributed by atoms with van der Waals surface area (Å²) in [5, 5.41) is 15.3. The molecule has 2 aromatic heterocycles. The van der Waals surface area contributed by atoms with E-state index >= 15 is 8.78 Å². The predicted octanol–water partition coefficient (Wildman–Crippen LogP) is 4.16. The third-order valence-corrected chi connectivity index (χ3v) is 9.75. The highest BCUT2D eigenvalue weighted by atomic mass is 32.5. The lowest BCUT2D eigenvalue weighted by Crippen LogP contribution is -2.47. The Labute approximate surface area is 269 Å². The Hall–Kier alpha value is -3.53. The minimum Gasteiger partial charge on any atom is -0.462 e. The van der Waals surface area contributed by atoms with Crippen molar-refractivity contribution in [3.63, 3.8) is 0 Å². The molecule has 46 heavy (non-hydrogen) atoms. The maximum Gasteiger partial charge on any atom is 0.323 e. The smallest absolute Gasteiger partial charge is 0.323 e.